The van der Waals surface area contributed by atoms with Crippen LogP contribution >= 0.6 is 22.9 Å². The van der Waals surface area contributed by atoms with Gasteiger partial charge in [0.1, 0.15) is 4.21 Å². The second-order valence-corrected chi connectivity index (χ2v) is 9.56. The van der Waals surface area contributed by atoms with Crippen molar-refractivity contribution in [3.63, 3.8) is 0 Å². The molecule has 3 rings (SSSR count). The van der Waals surface area contributed by atoms with Gasteiger partial charge in [0.25, 0.3) is 5.56 Å². The highest BCUT2D eigenvalue weighted by Crippen LogP contribution is 2.25. The first kappa shape index (κ1) is 18.1. The fourth-order valence-corrected chi connectivity index (χ4v) is 5.10. The number of aromatic amines is 1. The van der Waals surface area contributed by atoms with Crippen LogP contribution < -0.4 is 10.3 Å². The molecule has 0 fully saturated rings. The Morgan fingerprint density at radius 1 is 1.16 bits per heavy atom. The van der Waals surface area contributed by atoms with Crippen molar-refractivity contribution in [2.75, 3.05) is 6.54 Å². The molecule has 0 atom stereocenters. The van der Waals surface area contributed by atoms with Gasteiger partial charge in [0.05, 0.1) is 4.34 Å². The number of pyridine rings is 1. The third-order valence-corrected chi connectivity index (χ3v) is 7.22. The zero-order chi connectivity index (χ0) is 18.2. The summed E-state index contributed by atoms with van der Waals surface area (Å²) < 4.78 is 27.4. The molecule has 1 aromatic carbocycles. The highest BCUT2D eigenvalue weighted by Gasteiger charge is 2.16. The number of rotatable bonds is 5. The van der Waals surface area contributed by atoms with Crippen molar-refractivity contribution in [2.24, 2.45) is 0 Å². The molecule has 0 amide bonds. The predicted molar refractivity (Wildman–Crippen MR) is 102 cm³/mol. The molecular weight excluding hydrogens is 380 g/mol. The number of benzene rings is 1. The molecule has 3 aromatic rings. The van der Waals surface area contributed by atoms with Crippen LogP contribution in [0.25, 0.3) is 10.9 Å². The third-order valence-electron chi connectivity index (χ3n) is 4.04. The molecule has 25 heavy (non-hydrogen) atoms. The number of fused-ring (bicyclic) bond motifs is 1. The molecule has 5 nitrogen and oxygen atoms in total. The van der Waals surface area contributed by atoms with Crippen LogP contribution in [0.3, 0.4) is 0 Å². The van der Waals surface area contributed by atoms with Crippen molar-refractivity contribution in [1.29, 1.82) is 0 Å². The lowest BCUT2D eigenvalue weighted by Gasteiger charge is -2.07. The van der Waals surface area contributed by atoms with E-state index in [1.54, 1.807) is 6.07 Å². The molecule has 0 unspecified atom stereocenters. The minimum Gasteiger partial charge on any atom is -0.322 e. The minimum atomic E-state index is -3.61. The Morgan fingerprint density at radius 2 is 1.88 bits per heavy atom. The standard InChI is InChI=1S/C17H17ClN2O3S2/c1-10-7-13-9-12(17(21)20-14(13)8-11(10)2)5-6-19-25(22,23)16-4-3-15(18)24-16/h3-4,7-9,19H,5-6H2,1-2H3,(H,20,21). The first-order valence-electron chi connectivity index (χ1n) is 7.64. The maximum Gasteiger partial charge on any atom is 0.251 e. The van der Waals surface area contributed by atoms with E-state index >= 15 is 0 Å². The Bertz CT molecular complexity index is 1100. The van der Waals surface area contributed by atoms with Crippen LogP contribution in [0.2, 0.25) is 4.34 Å². The number of nitrogens with one attached hydrogen (secondary N) is 2. The van der Waals surface area contributed by atoms with Crippen LogP contribution in [0, 0.1) is 13.8 Å². The highest BCUT2D eigenvalue weighted by molar-refractivity contribution is 7.91. The number of aromatic nitrogens is 1. The lowest BCUT2D eigenvalue weighted by molar-refractivity contribution is 0.583. The maximum absolute atomic E-state index is 12.2. The molecule has 8 heteroatoms. The quantitative estimate of drug-likeness (QED) is 0.693. The van der Waals surface area contributed by atoms with Gasteiger partial charge in [-0.25, -0.2) is 13.1 Å². The van der Waals surface area contributed by atoms with Gasteiger partial charge in [-0.1, -0.05) is 11.6 Å². The van der Waals surface area contributed by atoms with E-state index in [0.717, 1.165) is 33.4 Å². The van der Waals surface area contributed by atoms with Gasteiger partial charge in [0.2, 0.25) is 10.0 Å². The number of H-pyrrole nitrogens is 1. The molecule has 2 aromatic heterocycles. The zero-order valence-electron chi connectivity index (χ0n) is 13.7. The maximum atomic E-state index is 12.2. The first-order valence-corrected chi connectivity index (χ1v) is 10.3. The number of thiophene rings is 1. The van der Waals surface area contributed by atoms with Crippen molar-refractivity contribution in [3.05, 3.63) is 61.7 Å². The highest BCUT2D eigenvalue weighted by atomic mass is 35.5. The molecule has 2 heterocycles. The van der Waals surface area contributed by atoms with Gasteiger partial charge in [0.15, 0.2) is 0 Å². The predicted octanol–water partition coefficient (Wildman–Crippen LogP) is 3.38. The zero-order valence-corrected chi connectivity index (χ0v) is 16.1. The van der Waals surface area contributed by atoms with E-state index in [1.165, 1.54) is 6.07 Å². The van der Waals surface area contributed by atoms with Gasteiger partial charge in [-0.15, -0.1) is 11.3 Å². The number of hydrogen-bond donors (Lipinski definition) is 2. The van der Waals surface area contributed by atoms with Gasteiger partial charge >= 0.3 is 0 Å². The molecular formula is C17H17ClN2O3S2. The molecule has 0 spiro atoms. The Morgan fingerprint density at radius 3 is 2.56 bits per heavy atom. The third kappa shape index (κ3) is 3.95. The van der Waals surface area contributed by atoms with Crippen molar-refractivity contribution in [1.82, 2.24) is 9.71 Å². The summed E-state index contributed by atoms with van der Waals surface area (Å²) in [6.45, 7) is 4.14. The normalized spacial score (nSPS) is 12.0. The van der Waals surface area contributed by atoms with Gasteiger partial charge < -0.3 is 4.98 Å². The number of sulfonamides is 1. The molecule has 0 radical (unpaired) electrons. The summed E-state index contributed by atoms with van der Waals surface area (Å²) in [5.41, 5.74) is 3.38. The minimum absolute atomic E-state index is 0.136. The summed E-state index contributed by atoms with van der Waals surface area (Å²) >= 11 is 6.77. The molecule has 2 N–H and O–H groups in total. The fourth-order valence-electron chi connectivity index (χ4n) is 2.54. The summed E-state index contributed by atoms with van der Waals surface area (Å²) in [6, 6.07) is 8.78. The number of hydrogen-bond acceptors (Lipinski definition) is 4. The van der Waals surface area contributed by atoms with Gasteiger partial charge in [0, 0.05) is 17.6 Å². The lowest BCUT2D eigenvalue weighted by Crippen LogP contribution is -2.27. The van der Waals surface area contributed by atoms with Gasteiger partial charge in [-0.2, -0.15) is 0 Å². The van der Waals surface area contributed by atoms with Gasteiger partial charge in [-0.05, 0) is 67.1 Å². The molecule has 0 saturated heterocycles. The lowest BCUT2D eigenvalue weighted by atomic mass is 10.0. The Kier molecular flexibility index (Phi) is 5.02. The topological polar surface area (TPSA) is 79.0 Å². The Balaban J connectivity index is 1.78. The monoisotopic (exact) mass is 396 g/mol. The van der Waals surface area contributed by atoms with Crippen molar-refractivity contribution < 1.29 is 8.42 Å². The first-order chi connectivity index (χ1) is 11.8. The van der Waals surface area contributed by atoms with Crippen LogP contribution in [-0.4, -0.2) is 19.9 Å². The average Bonchev–Trinajstić information content (AvgIpc) is 2.97. The molecule has 0 aliphatic rings. The van der Waals surface area contributed by atoms with E-state index in [-0.39, 0.29) is 16.3 Å². The van der Waals surface area contributed by atoms with E-state index < -0.39 is 10.0 Å². The SMILES string of the molecule is Cc1cc2cc(CCNS(=O)(=O)c3ccc(Cl)s3)c(=O)[nH]c2cc1C. The van der Waals surface area contributed by atoms with E-state index in [1.807, 2.05) is 32.0 Å². The largest absolute Gasteiger partial charge is 0.322 e. The van der Waals surface area contributed by atoms with E-state index in [4.69, 9.17) is 11.6 Å². The summed E-state index contributed by atoms with van der Waals surface area (Å²) in [4.78, 5) is 15.1. The second kappa shape index (κ2) is 6.92. The van der Waals surface area contributed by atoms with E-state index in [2.05, 4.69) is 9.71 Å². The summed E-state index contributed by atoms with van der Waals surface area (Å²) in [6.07, 6.45) is 0.302. The molecule has 0 aliphatic heterocycles. The molecule has 0 bridgehead atoms. The summed E-state index contributed by atoms with van der Waals surface area (Å²) in [5.74, 6) is 0. The summed E-state index contributed by atoms with van der Waals surface area (Å²) in [7, 11) is -3.61. The van der Waals surface area contributed by atoms with Gasteiger partial charge in [-0.3, -0.25) is 4.79 Å². The smallest absolute Gasteiger partial charge is 0.251 e. The number of halogens is 1. The van der Waals surface area contributed by atoms with Crippen molar-refractivity contribution >= 4 is 43.9 Å². The Labute approximate surface area is 154 Å². The van der Waals surface area contributed by atoms with Crippen molar-refractivity contribution in [3.8, 4) is 0 Å². The molecule has 0 aliphatic carbocycles. The van der Waals surface area contributed by atoms with Crippen LogP contribution in [0.4, 0.5) is 0 Å². The second-order valence-electron chi connectivity index (χ2n) is 5.85. The van der Waals surface area contributed by atoms with E-state index in [9.17, 15) is 13.2 Å². The fraction of sp³-hybridized carbons (Fsp3) is 0.235. The van der Waals surface area contributed by atoms with Crippen LogP contribution in [0.5, 0.6) is 0 Å². The Hall–Kier alpha value is -1.67. The van der Waals surface area contributed by atoms with Crippen LogP contribution in [0.15, 0.2) is 39.3 Å². The van der Waals surface area contributed by atoms with E-state index in [0.29, 0.717) is 16.3 Å². The van der Waals surface area contributed by atoms with Crippen molar-refractivity contribution in [2.45, 2.75) is 24.5 Å². The van der Waals surface area contributed by atoms with Crippen LogP contribution in [-0.2, 0) is 16.4 Å². The average molecular weight is 397 g/mol. The molecule has 132 valence electrons. The number of aryl methyl sites for hydroxylation is 2. The van der Waals surface area contributed by atoms with Crippen LogP contribution in [0.1, 0.15) is 16.7 Å². The molecule has 0 saturated carbocycles. The summed E-state index contributed by atoms with van der Waals surface area (Å²) in [5, 5.41) is 0.936.